The molecule has 2 rings (SSSR count). The summed E-state index contributed by atoms with van der Waals surface area (Å²) in [6, 6.07) is 4.18. The number of aromatic nitrogens is 1. The average molecular weight is 234 g/mol. The van der Waals surface area contributed by atoms with Crippen molar-refractivity contribution < 1.29 is 4.79 Å². The number of hydrogen-bond donors (Lipinski definition) is 1. The minimum atomic E-state index is 0.454. The molecule has 1 saturated carbocycles. The molecule has 0 amide bonds. The first kappa shape index (κ1) is 12.4. The van der Waals surface area contributed by atoms with E-state index in [0.29, 0.717) is 5.78 Å². The van der Waals surface area contributed by atoms with Gasteiger partial charge in [-0.3, -0.25) is 4.79 Å². The summed E-state index contributed by atoms with van der Waals surface area (Å²) in [5, 5.41) is 0. The Morgan fingerprint density at radius 1 is 1.41 bits per heavy atom. The van der Waals surface area contributed by atoms with E-state index in [1.54, 1.807) is 0 Å². The second-order valence-corrected chi connectivity index (χ2v) is 5.19. The van der Waals surface area contributed by atoms with Crippen LogP contribution in [0.3, 0.4) is 0 Å². The monoisotopic (exact) mass is 234 g/mol. The Balaban J connectivity index is 1.66. The fraction of sp³-hybridized carbons (Fsp3) is 0.643. The van der Waals surface area contributed by atoms with Gasteiger partial charge in [0.25, 0.3) is 0 Å². The molecule has 0 spiro atoms. The van der Waals surface area contributed by atoms with E-state index in [1.165, 1.54) is 5.69 Å². The molecule has 0 unspecified atom stereocenters. The summed E-state index contributed by atoms with van der Waals surface area (Å²) in [5.41, 5.74) is 1.30. The quantitative estimate of drug-likeness (QED) is 0.848. The third-order valence-corrected chi connectivity index (χ3v) is 3.66. The smallest absolute Gasteiger partial charge is 0.132 e. The number of ketones is 1. The molecule has 17 heavy (non-hydrogen) atoms. The van der Waals surface area contributed by atoms with Crippen LogP contribution < -0.4 is 0 Å². The fourth-order valence-electron chi connectivity index (χ4n) is 2.55. The van der Waals surface area contributed by atoms with Crippen molar-refractivity contribution in [2.75, 3.05) is 20.1 Å². The normalized spacial score (nSPS) is 17.9. The first-order chi connectivity index (χ1) is 8.24. The Morgan fingerprint density at radius 2 is 2.18 bits per heavy atom. The first-order valence-electron chi connectivity index (χ1n) is 6.56. The third kappa shape index (κ3) is 4.00. The Kier molecular flexibility index (Phi) is 4.37. The van der Waals surface area contributed by atoms with Gasteiger partial charge < -0.3 is 9.88 Å². The topological polar surface area (TPSA) is 36.1 Å². The molecule has 1 aliphatic carbocycles. The molecule has 0 radical (unpaired) electrons. The van der Waals surface area contributed by atoms with Crippen molar-refractivity contribution in [3.8, 4) is 0 Å². The molecule has 0 saturated heterocycles. The van der Waals surface area contributed by atoms with E-state index < -0.39 is 0 Å². The van der Waals surface area contributed by atoms with Gasteiger partial charge in [0.2, 0.25) is 0 Å². The highest BCUT2D eigenvalue weighted by atomic mass is 16.1. The zero-order chi connectivity index (χ0) is 12.1. The van der Waals surface area contributed by atoms with Gasteiger partial charge in [0.1, 0.15) is 5.78 Å². The minimum absolute atomic E-state index is 0.454. The van der Waals surface area contributed by atoms with E-state index in [9.17, 15) is 4.79 Å². The molecular weight excluding hydrogens is 212 g/mol. The van der Waals surface area contributed by atoms with Crippen molar-refractivity contribution in [1.82, 2.24) is 9.88 Å². The van der Waals surface area contributed by atoms with Gasteiger partial charge in [-0.05, 0) is 37.9 Å². The molecule has 1 aromatic heterocycles. The number of likely N-dealkylation sites (N-methyl/N-ethyl adjacent to an activating group) is 1. The predicted molar refractivity (Wildman–Crippen MR) is 69.0 cm³/mol. The van der Waals surface area contributed by atoms with Crippen LogP contribution in [0.4, 0.5) is 0 Å². The fourth-order valence-corrected chi connectivity index (χ4v) is 2.55. The van der Waals surface area contributed by atoms with Crippen molar-refractivity contribution in [1.29, 1.82) is 0 Å². The lowest BCUT2D eigenvalue weighted by atomic mass is 9.88. The summed E-state index contributed by atoms with van der Waals surface area (Å²) in [4.78, 5) is 16.8. The van der Waals surface area contributed by atoms with Crippen LogP contribution in [-0.4, -0.2) is 35.8 Å². The Hall–Kier alpha value is -1.09. The standard InChI is InChI=1S/C14H22N2O/c1-16(10-8-13-3-2-9-15-13)11-12-4-6-14(17)7-5-12/h2-3,9,12,15H,4-8,10-11H2,1H3. The van der Waals surface area contributed by atoms with Crippen molar-refractivity contribution in [2.24, 2.45) is 5.92 Å². The predicted octanol–water partition coefficient (Wildman–Crippen LogP) is 2.25. The van der Waals surface area contributed by atoms with E-state index in [2.05, 4.69) is 23.0 Å². The van der Waals surface area contributed by atoms with E-state index in [-0.39, 0.29) is 0 Å². The number of nitrogens with one attached hydrogen (secondary N) is 1. The average Bonchev–Trinajstić information content (AvgIpc) is 2.83. The molecule has 0 aromatic carbocycles. The maximum absolute atomic E-state index is 11.2. The molecule has 0 bridgehead atoms. The van der Waals surface area contributed by atoms with E-state index in [1.807, 2.05) is 12.3 Å². The molecule has 1 heterocycles. The number of Topliss-reactive ketones (excluding diaryl/α,β-unsaturated/α-hetero) is 1. The van der Waals surface area contributed by atoms with E-state index in [0.717, 1.165) is 51.1 Å². The maximum Gasteiger partial charge on any atom is 0.132 e. The van der Waals surface area contributed by atoms with Gasteiger partial charge in [-0.25, -0.2) is 0 Å². The minimum Gasteiger partial charge on any atom is -0.365 e. The molecule has 1 aromatic rings. The number of rotatable bonds is 5. The van der Waals surface area contributed by atoms with Crippen molar-refractivity contribution in [3.63, 3.8) is 0 Å². The largest absolute Gasteiger partial charge is 0.365 e. The van der Waals surface area contributed by atoms with Gasteiger partial charge >= 0.3 is 0 Å². The summed E-state index contributed by atoms with van der Waals surface area (Å²) < 4.78 is 0. The highest BCUT2D eigenvalue weighted by Gasteiger charge is 2.19. The first-order valence-corrected chi connectivity index (χ1v) is 6.56. The van der Waals surface area contributed by atoms with Gasteiger partial charge in [-0.1, -0.05) is 0 Å². The SMILES string of the molecule is CN(CCc1ccc[nH]1)CC1CCC(=O)CC1. The number of H-pyrrole nitrogens is 1. The van der Waals surface area contributed by atoms with Gasteiger partial charge in [-0.15, -0.1) is 0 Å². The van der Waals surface area contributed by atoms with Crippen molar-refractivity contribution in [2.45, 2.75) is 32.1 Å². The third-order valence-electron chi connectivity index (χ3n) is 3.66. The van der Waals surface area contributed by atoms with Crippen LogP contribution in [0.2, 0.25) is 0 Å². The van der Waals surface area contributed by atoms with Crippen LogP contribution in [0.15, 0.2) is 18.3 Å². The molecule has 1 N–H and O–H groups in total. The van der Waals surface area contributed by atoms with Gasteiger partial charge in [0, 0.05) is 44.2 Å². The van der Waals surface area contributed by atoms with Crippen LogP contribution >= 0.6 is 0 Å². The number of aromatic amines is 1. The number of hydrogen-bond acceptors (Lipinski definition) is 2. The zero-order valence-corrected chi connectivity index (χ0v) is 10.6. The second kappa shape index (κ2) is 6.01. The van der Waals surface area contributed by atoms with Gasteiger partial charge in [0.05, 0.1) is 0 Å². The highest BCUT2D eigenvalue weighted by molar-refractivity contribution is 5.79. The molecular formula is C14H22N2O. The van der Waals surface area contributed by atoms with Gasteiger partial charge in [0.15, 0.2) is 0 Å². The lowest BCUT2D eigenvalue weighted by molar-refractivity contribution is -0.121. The summed E-state index contributed by atoms with van der Waals surface area (Å²) >= 11 is 0. The maximum atomic E-state index is 11.2. The molecule has 0 atom stereocenters. The Labute approximate surface area is 103 Å². The van der Waals surface area contributed by atoms with Gasteiger partial charge in [-0.2, -0.15) is 0 Å². The second-order valence-electron chi connectivity index (χ2n) is 5.19. The Morgan fingerprint density at radius 3 is 2.82 bits per heavy atom. The van der Waals surface area contributed by atoms with Crippen molar-refractivity contribution in [3.05, 3.63) is 24.0 Å². The number of carbonyl (C=O) groups excluding carboxylic acids is 1. The summed E-state index contributed by atoms with van der Waals surface area (Å²) in [5.74, 6) is 1.18. The molecule has 3 nitrogen and oxygen atoms in total. The van der Waals surface area contributed by atoms with Crippen LogP contribution in [0.25, 0.3) is 0 Å². The molecule has 94 valence electrons. The lowest BCUT2D eigenvalue weighted by Crippen LogP contribution is -2.30. The summed E-state index contributed by atoms with van der Waals surface area (Å²) in [6.07, 6.45) is 6.83. The molecule has 3 heteroatoms. The summed E-state index contributed by atoms with van der Waals surface area (Å²) in [6.45, 7) is 2.22. The lowest BCUT2D eigenvalue weighted by Gasteiger charge is -2.26. The van der Waals surface area contributed by atoms with Crippen LogP contribution in [0.1, 0.15) is 31.4 Å². The number of carbonyl (C=O) groups is 1. The van der Waals surface area contributed by atoms with Crippen molar-refractivity contribution >= 4 is 5.78 Å². The summed E-state index contributed by atoms with van der Waals surface area (Å²) in [7, 11) is 2.18. The van der Waals surface area contributed by atoms with Crippen LogP contribution in [0, 0.1) is 5.92 Å². The van der Waals surface area contributed by atoms with Crippen LogP contribution in [-0.2, 0) is 11.2 Å². The molecule has 1 fully saturated rings. The van der Waals surface area contributed by atoms with Crippen LogP contribution in [0.5, 0.6) is 0 Å². The molecule has 1 aliphatic rings. The zero-order valence-electron chi connectivity index (χ0n) is 10.6. The number of nitrogens with zero attached hydrogens (tertiary/aromatic N) is 1. The van der Waals surface area contributed by atoms with E-state index >= 15 is 0 Å². The molecule has 0 aliphatic heterocycles. The van der Waals surface area contributed by atoms with E-state index in [4.69, 9.17) is 0 Å². The highest BCUT2D eigenvalue weighted by Crippen LogP contribution is 2.21. The Bertz CT molecular complexity index is 335.